The minimum Gasteiger partial charge on any atom is -0.378 e. The van der Waals surface area contributed by atoms with Gasteiger partial charge >= 0.3 is 0 Å². The molecule has 1 saturated carbocycles. The first-order valence-electron chi connectivity index (χ1n) is 6.93. The Labute approximate surface area is 112 Å². The highest BCUT2D eigenvalue weighted by Crippen LogP contribution is 2.29. The maximum Gasteiger partial charge on any atom is 0.239 e. The highest BCUT2D eigenvalue weighted by molar-refractivity contribution is 5.82. The van der Waals surface area contributed by atoms with E-state index in [1.54, 1.807) is 6.20 Å². The fraction of sp³-hybridized carbons (Fsp3) is 0.692. The Kier molecular flexibility index (Phi) is 3.79. The number of nitrogens with zero attached hydrogens (tertiary/aromatic N) is 2. The summed E-state index contributed by atoms with van der Waals surface area (Å²) in [4.78, 5) is 16.3. The number of hydrogen-bond donors (Lipinski definition) is 2. The van der Waals surface area contributed by atoms with E-state index in [1.165, 1.54) is 0 Å². The van der Waals surface area contributed by atoms with Gasteiger partial charge in [-0.3, -0.25) is 4.79 Å². The van der Waals surface area contributed by atoms with Crippen molar-refractivity contribution in [3.8, 4) is 0 Å². The maximum atomic E-state index is 12.2. The predicted molar refractivity (Wildman–Crippen MR) is 69.7 cm³/mol. The Morgan fingerprint density at radius 2 is 2.42 bits per heavy atom. The number of rotatable bonds is 3. The largest absolute Gasteiger partial charge is 0.378 e. The highest BCUT2D eigenvalue weighted by Gasteiger charge is 2.32. The van der Waals surface area contributed by atoms with E-state index in [0.29, 0.717) is 19.3 Å². The molecule has 6 heteroatoms. The summed E-state index contributed by atoms with van der Waals surface area (Å²) in [5, 5.41) is 6.34. The molecule has 1 saturated heterocycles. The molecular weight excluding hydrogens is 244 g/mol. The molecule has 3 rings (SSSR count). The van der Waals surface area contributed by atoms with Gasteiger partial charge in [-0.2, -0.15) is 0 Å². The molecule has 0 aromatic carbocycles. The summed E-state index contributed by atoms with van der Waals surface area (Å²) in [6.45, 7) is 1.90. The van der Waals surface area contributed by atoms with Crippen LogP contribution in [-0.4, -0.2) is 47.3 Å². The molecule has 6 nitrogen and oxygen atoms in total. The Hall–Kier alpha value is -1.40. The van der Waals surface area contributed by atoms with E-state index in [-0.39, 0.29) is 18.0 Å². The van der Waals surface area contributed by atoms with Gasteiger partial charge in [-0.25, -0.2) is 4.98 Å². The van der Waals surface area contributed by atoms with Gasteiger partial charge in [0.1, 0.15) is 6.04 Å². The fourth-order valence-corrected chi connectivity index (χ4v) is 2.95. The third-order valence-electron chi connectivity index (χ3n) is 3.95. The van der Waals surface area contributed by atoms with E-state index >= 15 is 0 Å². The lowest BCUT2D eigenvalue weighted by Crippen LogP contribution is -2.53. The summed E-state index contributed by atoms with van der Waals surface area (Å²) >= 11 is 0. The number of amides is 1. The molecule has 1 aromatic heterocycles. The molecule has 2 heterocycles. The van der Waals surface area contributed by atoms with Gasteiger partial charge in [0, 0.05) is 25.0 Å². The number of ether oxygens (including phenoxy) is 1. The summed E-state index contributed by atoms with van der Waals surface area (Å²) in [7, 11) is 0. The van der Waals surface area contributed by atoms with Gasteiger partial charge in [-0.05, 0) is 19.3 Å². The lowest BCUT2D eigenvalue weighted by atomic mass is 10.1. The number of hydrogen-bond acceptors (Lipinski definition) is 4. The van der Waals surface area contributed by atoms with Gasteiger partial charge in [0.05, 0.1) is 25.6 Å². The smallest absolute Gasteiger partial charge is 0.239 e. The van der Waals surface area contributed by atoms with E-state index in [0.717, 1.165) is 25.8 Å². The molecule has 1 aromatic rings. The van der Waals surface area contributed by atoms with Crippen LogP contribution >= 0.6 is 0 Å². The van der Waals surface area contributed by atoms with Crippen LogP contribution < -0.4 is 10.6 Å². The molecule has 1 aliphatic carbocycles. The number of nitrogens with one attached hydrogen (secondary N) is 2. The highest BCUT2D eigenvalue weighted by atomic mass is 16.5. The average Bonchev–Trinajstić information content (AvgIpc) is 3.10. The number of aromatic nitrogens is 2. The third kappa shape index (κ3) is 2.79. The first-order valence-corrected chi connectivity index (χ1v) is 6.93. The van der Waals surface area contributed by atoms with Crippen molar-refractivity contribution < 1.29 is 9.53 Å². The first kappa shape index (κ1) is 12.6. The molecule has 1 amide bonds. The molecule has 19 heavy (non-hydrogen) atoms. The van der Waals surface area contributed by atoms with Crippen LogP contribution in [0.2, 0.25) is 0 Å². The zero-order chi connectivity index (χ0) is 13.1. The zero-order valence-electron chi connectivity index (χ0n) is 10.9. The zero-order valence-corrected chi connectivity index (χ0v) is 10.9. The number of imidazole rings is 1. The van der Waals surface area contributed by atoms with E-state index in [9.17, 15) is 4.79 Å². The van der Waals surface area contributed by atoms with Crippen molar-refractivity contribution in [3.63, 3.8) is 0 Å². The second-order valence-corrected chi connectivity index (χ2v) is 5.20. The number of carbonyl (C=O) groups is 1. The van der Waals surface area contributed by atoms with Crippen LogP contribution in [0.4, 0.5) is 0 Å². The minimum atomic E-state index is -0.210. The maximum absolute atomic E-state index is 12.2. The molecule has 3 unspecified atom stereocenters. The fourth-order valence-electron chi connectivity index (χ4n) is 2.95. The Balaban J connectivity index is 1.60. The van der Waals surface area contributed by atoms with E-state index in [1.807, 2.05) is 12.5 Å². The molecule has 2 N–H and O–H groups in total. The van der Waals surface area contributed by atoms with Crippen molar-refractivity contribution in [2.24, 2.45) is 0 Å². The average molecular weight is 264 g/mol. The van der Waals surface area contributed by atoms with Gasteiger partial charge in [0.2, 0.25) is 5.91 Å². The van der Waals surface area contributed by atoms with Crippen molar-refractivity contribution >= 4 is 5.91 Å². The van der Waals surface area contributed by atoms with Crippen molar-refractivity contribution in [1.29, 1.82) is 0 Å². The third-order valence-corrected chi connectivity index (χ3v) is 3.95. The van der Waals surface area contributed by atoms with Gasteiger partial charge in [-0.15, -0.1) is 0 Å². The van der Waals surface area contributed by atoms with Crippen LogP contribution in [0, 0.1) is 0 Å². The topological polar surface area (TPSA) is 68.2 Å². The normalized spacial score (nSPS) is 31.3. The van der Waals surface area contributed by atoms with Crippen molar-refractivity contribution in [3.05, 3.63) is 18.7 Å². The number of carbonyl (C=O) groups excluding carboxylic acids is 1. The summed E-state index contributed by atoms with van der Waals surface area (Å²) in [6, 6.07) is 0.319. The monoisotopic (exact) mass is 264 g/mol. The molecule has 1 aliphatic heterocycles. The summed E-state index contributed by atoms with van der Waals surface area (Å²) in [5.41, 5.74) is 0. The molecule has 0 bridgehead atoms. The van der Waals surface area contributed by atoms with Crippen LogP contribution in [0.3, 0.4) is 0 Å². The Bertz CT molecular complexity index is 414. The van der Waals surface area contributed by atoms with Crippen LogP contribution in [0.15, 0.2) is 18.7 Å². The van der Waals surface area contributed by atoms with E-state index in [2.05, 4.69) is 20.2 Å². The molecule has 0 spiro atoms. The van der Waals surface area contributed by atoms with Gasteiger partial charge in [0.15, 0.2) is 0 Å². The molecule has 104 valence electrons. The molecule has 0 radical (unpaired) electrons. The van der Waals surface area contributed by atoms with Crippen molar-refractivity contribution in [1.82, 2.24) is 20.2 Å². The van der Waals surface area contributed by atoms with Crippen molar-refractivity contribution in [2.75, 3.05) is 19.8 Å². The second-order valence-electron chi connectivity index (χ2n) is 5.20. The van der Waals surface area contributed by atoms with Crippen LogP contribution in [0.5, 0.6) is 0 Å². The number of morpholine rings is 1. The van der Waals surface area contributed by atoms with Crippen LogP contribution in [0.25, 0.3) is 0 Å². The molecular formula is C13H20N4O2. The Morgan fingerprint density at radius 3 is 3.16 bits per heavy atom. The lowest BCUT2D eigenvalue weighted by Gasteiger charge is -2.27. The summed E-state index contributed by atoms with van der Waals surface area (Å²) in [5.74, 6) is 0.0525. The van der Waals surface area contributed by atoms with Gasteiger partial charge < -0.3 is 19.9 Å². The van der Waals surface area contributed by atoms with Crippen LogP contribution in [-0.2, 0) is 9.53 Å². The molecule has 2 fully saturated rings. The second kappa shape index (κ2) is 5.71. The summed E-state index contributed by atoms with van der Waals surface area (Å²) < 4.78 is 7.43. The Morgan fingerprint density at radius 1 is 1.47 bits per heavy atom. The minimum absolute atomic E-state index is 0.0525. The van der Waals surface area contributed by atoms with Gasteiger partial charge in [0.25, 0.3) is 0 Å². The standard InChI is InChI=1S/C13H20N4O2/c18-13(11-8-19-7-5-15-11)16-10-2-1-3-12(10)17-6-4-14-9-17/h4,6,9-12,15H,1-3,5,7-8H2,(H,16,18). The van der Waals surface area contributed by atoms with Gasteiger partial charge in [-0.1, -0.05) is 0 Å². The quantitative estimate of drug-likeness (QED) is 0.811. The lowest BCUT2D eigenvalue weighted by molar-refractivity contribution is -0.126. The van der Waals surface area contributed by atoms with E-state index in [4.69, 9.17) is 4.74 Å². The van der Waals surface area contributed by atoms with E-state index < -0.39 is 0 Å². The molecule has 3 atom stereocenters. The summed E-state index contributed by atoms with van der Waals surface area (Å²) in [6.07, 6.45) is 8.85. The van der Waals surface area contributed by atoms with Crippen molar-refractivity contribution in [2.45, 2.75) is 37.4 Å². The SMILES string of the molecule is O=C(NC1CCCC1n1ccnc1)C1COCCN1. The molecule has 2 aliphatic rings. The first-order chi connectivity index (χ1) is 9.34. The van der Waals surface area contributed by atoms with Crippen LogP contribution in [0.1, 0.15) is 25.3 Å². The predicted octanol–water partition coefficient (Wildman–Crippen LogP) is 0.0813.